The molecule has 1 aliphatic carbocycles. The van der Waals surface area contributed by atoms with Gasteiger partial charge in [-0.1, -0.05) is 18.2 Å². The van der Waals surface area contributed by atoms with Gasteiger partial charge in [-0.3, -0.25) is 9.59 Å². The topological polar surface area (TPSA) is 49.4 Å². The SMILES string of the molecule is CC(NC(=O)C1CCCN1C(=O)C1CC1)c1csc2ccccc12. The van der Waals surface area contributed by atoms with Gasteiger partial charge in [-0.25, -0.2) is 0 Å². The van der Waals surface area contributed by atoms with E-state index in [4.69, 9.17) is 0 Å². The average molecular weight is 342 g/mol. The summed E-state index contributed by atoms with van der Waals surface area (Å²) in [5.41, 5.74) is 1.15. The first-order chi connectivity index (χ1) is 11.6. The van der Waals surface area contributed by atoms with Crippen molar-refractivity contribution in [2.24, 2.45) is 5.92 Å². The molecule has 126 valence electrons. The Morgan fingerprint density at radius 2 is 2.04 bits per heavy atom. The largest absolute Gasteiger partial charge is 0.348 e. The van der Waals surface area contributed by atoms with Gasteiger partial charge in [-0.2, -0.15) is 0 Å². The predicted molar refractivity (Wildman–Crippen MR) is 95.8 cm³/mol. The minimum Gasteiger partial charge on any atom is -0.348 e. The second-order valence-electron chi connectivity index (χ2n) is 6.88. The summed E-state index contributed by atoms with van der Waals surface area (Å²) in [6.07, 6.45) is 3.68. The molecule has 1 aromatic heterocycles. The molecule has 0 radical (unpaired) electrons. The minimum atomic E-state index is -0.287. The van der Waals surface area contributed by atoms with E-state index < -0.39 is 0 Å². The van der Waals surface area contributed by atoms with Gasteiger partial charge in [0.1, 0.15) is 6.04 Å². The minimum absolute atomic E-state index is 0.00992. The van der Waals surface area contributed by atoms with Crippen LogP contribution in [0, 0.1) is 5.92 Å². The molecule has 4 nitrogen and oxygen atoms in total. The molecule has 1 aliphatic heterocycles. The van der Waals surface area contributed by atoms with Gasteiger partial charge in [0.05, 0.1) is 6.04 Å². The Kier molecular flexibility index (Phi) is 4.04. The molecule has 2 heterocycles. The number of thiophene rings is 1. The van der Waals surface area contributed by atoms with Crippen LogP contribution in [0.25, 0.3) is 10.1 Å². The van der Waals surface area contributed by atoms with E-state index in [0.29, 0.717) is 0 Å². The van der Waals surface area contributed by atoms with Gasteiger partial charge < -0.3 is 10.2 Å². The van der Waals surface area contributed by atoms with Crippen LogP contribution in [0.1, 0.15) is 44.2 Å². The van der Waals surface area contributed by atoms with Gasteiger partial charge in [-0.15, -0.1) is 11.3 Å². The van der Waals surface area contributed by atoms with Gasteiger partial charge in [0.25, 0.3) is 0 Å². The lowest BCUT2D eigenvalue weighted by Gasteiger charge is -2.25. The van der Waals surface area contributed by atoms with Crippen LogP contribution in [0.5, 0.6) is 0 Å². The Morgan fingerprint density at radius 1 is 1.25 bits per heavy atom. The van der Waals surface area contributed by atoms with E-state index in [-0.39, 0.29) is 29.8 Å². The number of fused-ring (bicyclic) bond motifs is 1. The number of likely N-dealkylation sites (tertiary alicyclic amines) is 1. The van der Waals surface area contributed by atoms with Crippen LogP contribution in [0.2, 0.25) is 0 Å². The van der Waals surface area contributed by atoms with E-state index in [1.54, 1.807) is 11.3 Å². The highest BCUT2D eigenvalue weighted by Gasteiger charge is 2.41. The summed E-state index contributed by atoms with van der Waals surface area (Å²) < 4.78 is 1.24. The predicted octanol–water partition coefficient (Wildman–Crippen LogP) is 3.48. The van der Waals surface area contributed by atoms with E-state index >= 15 is 0 Å². The quantitative estimate of drug-likeness (QED) is 0.925. The number of carbonyl (C=O) groups excluding carboxylic acids is 2. The molecule has 1 aromatic carbocycles. The number of nitrogens with zero attached hydrogens (tertiary/aromatic N) is 1. The molecule has 1 saturated heterocycles. The van der Waals surface area contributed by atoms with Crippen molar-refractivity contribution in [3.05, 3.63) is 35.2 Å². The van der Waals surface area contributed by atoms with Crippen molar-refractivity contribution in [3.8, 4) is 0 Å². The molecule has 1 saturated carbocycles. The summed E-state index contributed by atoms with van der Waals surface area (Å²) in [6, 6.07) is 7.93. The number of rotatable bonds is 4. The summed E-state index contributed by atoms with van der Waals surface area (Å²) in [5.74, 6) is 0.349. The normalized spacial score (nSPS) is 21.9. The number of hydrogen-bond acceptors (Lipinski definition) is 3. The third kappa shape index (κ3) is 2.81. The lowest BCUT2D eigenvalue weighted by molar-refractivity contribution is -0.139. The molecular formula is C19H22N2O2S. The van der Waals surface area contributed by atoms with E-state index in [9.17, 15) is 9.59 Å². The third-order valence-corrected chi connectivity index (χ3v) is 6.08. The molecule has 2 aromatic rings. The summed E-state index contributed by atoms with van der Waals surface area (Å²) in [7, 11) is 0. The third-order valence-electron chi connectivity index (χ3n) is 5.10. The first-order valence-corrected chi connectivity index (χ1v) is 9.60. The molecule has 2 aliphatic rings. The highest BCUT2D eigenvalue weighted by molar-refractivity contribution is 7.17. The monoisotopic (exact) mass is 342 g/mol. The summed E-state index contributed by atoms with van der Waals surface area (Å²) in [4.78, 5) is 26.9. The molecule has 0 bridgehead atoms. The van der Waals surface area contributed by atoms with Crippen LogP contribution >= 0.6 is 11.3 Å². The maximum absolute atomic E-state index is 12.7. The van der Waals surface area contributed by atoms with Crippen molar-refractivity contribution in [2.75, 3.05) is 6.54 Å². The van der Waals surface area contributed by atoms with Crippen LogP contribution < -0.4 is 5.32 Å². The Morgan fingerprint density at radius 3 is 2.83 bits per heavy atom. The van der Waals surface area contributed by atoms with Crippen LogP contribution in [0.3, 0.4) is 0 Å². The fraction of sp³-hybridized carbons (Fsp3) is 0.474. The zero-order chi connectivity index (χ0) is 16.7. The standard InChI is InChI=1S/C19H22N2O2S/c1-12(15-11-24-17-7-3-2-5-14(15)17)20-18(22)16-6-4-10-21(16)19(23)13-8-9-13/h2-3,5,7,11-13,16H,4,6,8-10H2,1H3,(H,20,22). The van der Waals surface area contributed by atoms with Crippen molar-refractivity contribution >= 4 is 33.2 Å². The summed E-state index contributed by atoms with van der Waals surface area (Å²) in [5, 5.41) is 6.46. The lowest BCUT2D eigenvalue weighted by Crippen LogP contribution is -2.47. The van der Waals surface area contributed by atoms with Crippen molar-refractivity contribution in [1.29, 1.82) is 0 Å². The smallest absolute Gasteiger partial charge is 0.243 e. The van der Waals surface area contributed by atoms with Gasteiger partial charge in [-0.05, 0) is 55.0 Å². The van der Waals surface area contributed by atoms with Crippen LogP contribution in [-0.2, 0) is 9.59 Å². The first-order valence-electron chi connectivity index (χ1n) is 8.72. The van der Waals surface area contributed by atoms with Crippen LogP contribution in [0.15, 0.2) is 29.6 Å². The fourth-order valence-electron chi connectivity index (χ4n) is 3.59. The Bertz CT molecular complexity index is 781. The molecule has 2 atom stereocenters. The molecule has 2 amide bonds. The highest BCUT2D eigenvalue weighted by Crippen LogP contribution is 2.34. The van der Waals surface area contributed by atoms with Crippen LogP contribution in [-0.4, -0.2) is 29.3 Å². The second kappa shape index (κ2) is 6.20. The second-order valence-corrected chi connectivity index (χ2v) is 7.79. The summed E-state index contributed by atoms with van der Waals surface area (Å²) in [6.45, 7) is 2.75. The molecule has 2 fully saturated rings. The first kappa shape index (κ1) is 15.6. The number of amides is 2. The number of benzene rings is 1. The van der Waals surface area contributed by atoms with E-state index in [2.05, 4.69) is 22.8 Å². The maximum atomic E-state index is 12.7. The Labute approximate surface area is 145 Å². The van der Waals surface area contributed by atoms with Gasteiger partial charge in [0.15, 0.2) is 0 Å². The zero-order valence-corrected chi connectivity index (χ0v) is 14.6. The Hall–Kier alpha value is -1.88. The van der Waals surface area contributed by atoms with Gasteiger partial charge in [0.2, 0.25) is 11.8 Å². The molecule has 0 spiro atoms. The zero-order valence-electron chi connectivity index (χ0n) is 13.8. The van der Waals surface area contributed by atoms with E-state index in [1.165, 1.54) is 10.1 Å². The summed E-state index contributed by atoms with van der Waals surface area (Å²) >= 11 is 1.70. The fourth-order valence-corrected chi connectivity index (χ4v) is 4.64. The van der Waals surface area contributed by atoms with Crippen molar-refractivity contribution in [2.45, 2.75) is 44.7 Å². The molecule has 2 unspecified atom stereocenters. The van der Waals surface area contributed by atoms with Gasteiger partial charge in [0, 0.05) is 17.2 Å². The van der Waals surface area contributed by atoms with Crippen molar-refractivity contribution in [1.82, 2.24) is 10.2 Å². The van der Waals surface area contributed by atoms with E-state index in [1.807, 2.05) is 24.0 Å². The molecule has 4 rings (SSSR count). The molecule has 24 heavy (non-hydrogen) atoms. The number of nitrogens with one attached hydrogen (secondary N) is 1. The van der Waals surface area contributed by atoms with Crippen LogP contribution in [0.4, 0.5) is 0 Å². The molecular weight excluding hydrogens is 320 g/mol. The molecule has 1 N–H and O–H groups in total. The van der Waals surface area contributed by atoms with Crippen molar-refractivity contribution in [3.63, 3.8) is 0 Å². The van der Waals surface area contributed by atoms with E-state index in [0.717, 1.165) is 37.8 Å². The molecule has 5 heteroatoms. The highest BCUT2D eigenvalue weighted by atomic mass is 32.1. The Balaban J connectivity index is 1.47. The lowest BCUT2D eigenvalue weighted by atomic mass is 10.1. The van der Waals surface area contributed by atoms with Crippen molar-refractivity contribution < 1.29 is 9.59 Å². The number of carbonyl (C=O) groups is 2. The average Bonchev–Trinajstić information content (AvgIpc) is 3.16. The van der Waals surface area contributed by atoms with Gasteiger partial charge >= 0.3 is 0 Å². The maximum Gasteiger partial charge on any atom is 0.243 e. The number of hydrogen-bond donors (Lipinski definition) is 1.